The lowest BCUT2D eigenvalue weighted by molar-refractivity contribution is 0.957. The Bertz CT molecular complexity index is 918. The monoisotopic (exact) mass is 359 g/mol. The smallest absolute Gasteiger partial charge is 0.235 e. The molecule has 0 radical (unpaired) electrons. The van der Waals surface area contributed by atoms with Crippen molar-refractivity contribution in [3.63, 3.8) is 0 Å². The van der Waals surface area contributed by atoms with Crippen LogP contribution in [0.4, 0.5) is 0 Å². The van der Waals surface area contributed by atoms with Gasteiger partial charge >= 0.3 is 0 Å². The van der Waals surface area contributed by atoms with Crippen LogP contribution < -0.4 is 0 Å². The first kappa shape index (κ1) is 12.5. The van der Waals surface area contributed by atoms with E-state index in [1.165, 1.54) is 11.3 Å². The third-order valence-electron chi connectivity index (χ3n) is 2.73. The highest BCUT2D eigenvalue weighted by Crippen LogP contribution is 2.28. The zero-order chi connectivity index (χ0) is 14.2. The number of rotatable bonds is 2. The van der Waals surface area contributed by atoms with Crippen molar-refractivity contribution in [2.24, 2.45) is 0 Å². The second-order valence-electron chi connectivity index (χ2n) is 4.11. The van der Waals surface area contributed by atoms with Gasteiger partial charge in [0.05, 0.1) is 6.20 Å². The summed E-state index contributed by atoms with van der Waals surface area (Å²) in [5.41, 5.74) is 1.55. The summed E-state index contributed by atoms with van der Waals surface area (Å²) in [6.45, 7) is 0. The first-order valence-electron chi connectivity index (χ1n) is 5.91. The van der Waals surface area contributed by atoms with E-state index in [1.807, 2.05) is 6.07 Å². The molecular formula is C12H6BrN7S. The van der Waals surface area contributed by atoms with Gasteiger partial charge in [-0.15, -0.1) is 10.2 Å². The topological polar surface area (TPSA) is 81.8 Å². The van der Waals surface area contributed by atoms with E-state index >= 15 is 0 Å². The van der Waals surface area contributed by atoms with E-state index in [-0.39, 0.29) is 0 Å². The van der Waals surface area contributed by atoms with Crippen LogP contribution in [0.1, 0.15) is 0 Å². The van der Waals surface area contributed by atoms with Crippen molar-refractivity contribution in [2.75, 3.05) is 0 Å². The summed E-state index contributed by atoms with van der Waals surface area (Å²) in [5, 5.41) is 13.6. The van der Waals surface area contributed by atoms with Crippen molar-refractivity contribution in [3.8, 4) is 22.1 Å². The van der Waals surface area contributed by atoms with Crippen LogP contribution in [0.5, 0.6) is 0 Å². The Kier molecular flexibility index (Phi) is 2.93. The fourth-order valence-corrected chi connectivity index (χ4v) is 3.02. The van der Waals surface area contributed by atoms with E-state index < -0.39 is 0 Å². The lowest BCUT2D eigenvalue weighted by atomic mass is 10.3. The molecule has 21 heavy (non-hydrogen) atoms. The molecule has 0 N–H and O–H groups in total. The zero-order valence-electron chi connectivity index (χ0n) is 10.4. The van der Waals surface area contributed by atoms with Gasteiger partial charge in [-0.3, -0.25) is 9.97 Å². The molecule has 102 valence electrons. The molecule has 4 aromatic rings. The second-order valence-corrected chi connectivity index (χ2v) is 5.98. The molecule has 9 heteroatoms. The standard InChI is InChI=1S/C12H6BrN7S/c13-8-3-7(4-15-5-8)11-19-20-10(17-18-12(20)21-11)9-6-14-1-2-16-9/h1-6H. The number of hydrogen-bond donors (Lipinski definition) is 0. The molecule has 0 aromatic carbocycles. The van der Waals surface area contributed by atoms with Crippen LogP contribution in [0.15, 0.2) is 41.5 Å². The SMILES string of the molecule is Brc1cncc(-c2nn3c(-c4cnccn4)nnc3s2)c1. The van der Waals surface area contributed by atoms with Gasteiger partial charge in [-0.1, -0.05) is 11.3 Å². The summed E-state index contributed by atoms with van der Waals surface area (Å²) in [6.07, 6.45) is 8.35. The minimum absolute atomic E-state index is 0.573. The van der Waals surface area contributed by atoms with Gasteiger partial charge in [0.2, 0.25) is 10.8 Å². The quantitative estimate of drug-likeness (QED) is 0.546. The Labute approximate surface area is 130 Å². The van der Waals surface area contributed by atoms with Crippen LogP contribution in [-0.2, 0) is 0 Å². The van der Waals surface area contributed by atoms with E-state index in [0.29, 0.717) is 16.5 Å². The van der Waals surface area contributed by atoms with Gasteiger partial charge in [0.15, 0.2) is 0 Å². The first-order chi connectivity index (χ1) is 10.3. The second kappa shape index (κ2) is 4.93. The molecule has 0 aliphatic carbocycles. The van der Waals surface area contributed by atoms with Crippen molar-refractivity contribution in [1.29, 1.82) is 0 Å². The molecule has 0 amide bonds. The van der Waals surface area contributed by atoms with Crippen LogP contribution in [0.25, 0.3) is 27.1 Å². The molecule has 0 unspecified atom stereocenters. The summed E-state index contributed by atoms with van der Waals surface area (Å²) in [5.74, 6) is 0.573. The van der Waals surface area contributed by atoms with Crippen molar-refractivity contribution in [2.45, 2.75) is 0 Å². The number of halogens is 1. The number of pyridine rings is 1. The summed E-state index contributed by atoms with van der Waals surface area (Å²) in [7, 11) is 0. The van der Waals surface area contributed by atoms with Crippen molar-refractivity contribution in [3.05, 3.63) is 41.5 Å². The highest BCUT2D eigenvalue weighted by Gasteiger charge is 2.15. The molecule has 0 fully saturated rings. The van der Waals surface area contributed by atoms with Crippen LogP contribution in [-0.4, -0.2) is 34.8 Å². The minimum Gasteiger partial charge on any atom is -0.263 e. The highest BCUT2D eigenvalue weighted by molar-refractivity contribution is 9.10. The van der Waals surface area contributed by atoms with Gasteiger partial charge in [0.25, 0.3) is 0 Å². The Morgan fingerprint density at radius 2 is 2.00 bits per heavy atom. The van der Waals surface area contributed by atoms with Crippen molar-refractivity contribution >= 4 is 32.2 Å². The number of nitrogens with zero attached hydrogens (tertiary/aromatic N) is 7. The maximum absolute atomic E-state index is 4.54. The van der Waals surface area contributed by atoms with E-state index in [1.54, 1.807) is 35.5 Å². The predicted molar refractivity (Wildman–Crippen MR) is 80.6 cm³/mol. The van der Waals surface area contributed by atoms with Gasteiger partial charge in [0.1, 0.15) is 10.7 Å². The molecular weight excluding hydrogens is 354 g/mol. The van der Waals surface area contributed by atoms with Gasteiger partial charge in [-0.2, -0.15) is 9.61 Å². The maximum Gasteiger partial charge on any atom is 0.235 e. The van der Waals surface area contributed by atoms with Crippen LogP contribution >= 0.6 is 27.3 Å². The maximum atomic E-state index is 4.54. The molecule has 0 spiro atoms. The third kappa shape index (κ3) is 2.20. The first-order valence-corrected chi connectivity index (χ1v) is 7.52. The lowest BCUT2D eigenvalue weighted by Gasteiger charge is -1.96. The van der Waals surface area contributed by atoms with Crippen LogP contribution in [0, 0.1) is 0 Å². The van der Waals surface area contributed by atoms with E-state index in [9.17, 15) is 0 Å². The number of aromatic nitrogens is 7. The fourth-order valence-electron chi connectivity index (χ4n) is 1.84. The number of fused-ring (bicyclic) bond motifs is 1. The van der Waals surface area contributed by atoms with Gasteiger partial charge in [0, 0.05) is 34.8 Å². The molecule has 0 bridgehead atoms. The van der Waals surface area contributed by atoms with E-state index in [4.69, 9.17) is 0 Å². The van der Waals surface area contributed by atoms with Crippen molar-refractivity contribution < 1.29 is 0 Å². The Morgan fingerprint density at radius 1 is 1.05 bits per heavy atom. The van der Waals surface area contributed by atoms with Gasteiger partial charge < -0.3 is 0 Å². The average Bonchev–Trinajstić information content (AvgIpc) is 3.08. The van der Waals surface area contributed by atoms with Gasteiger partial charge in [-0.25, -0.2) is 4.98 Å². The third-order valence-corrected chi connectivity index (χ3v) is 4.12. The van der Waals surface area contributed by atoms with E-state index in [2.05, 4.69) is 46.2 Å². The Balaban J connectivity index is 1.87. The molecule has 0 aliphatic rings. The summed E-state index contributed by atoms with van der Waals surface area (Å²) in [6, 6.07) is 1.96. The summed E-state index contributed by atoms with van der Waals surface area (Å²) >= 11 is 4.85. The normalized spacial score (nSPS) is 11.1. The predicted octanol–water partition coefficient (Wildman–Crippen LogP) is 2.47. The fraction of sp³-hybridized carbons (Fsp3) is 0. The highest BCUT2D eigenvalue weighted by atomic mass is 79.9. The molecule has 4 heterocycles. The lowest BCUT2D eigenvalue weighted by Crippen LogP contribution is -1.93. The molecule has 0 atom stereocenters. The van der Waals surface area contributed by atoms with Crippen LogP contribution in [0.3, 0.4) is 0 Å². The summed E-state index contributed by atoms with van der Waals surface area (Å²) in [4.78, 5) is 13.1. The molecule has 4 aromatic heterocycles. The zero-order valence-corrected chi connectivity index (χ0v) is 12.8. The number of hydrogen-bond acceptors (Lipinski definition) is 7. The average molecular weight is 360 g/mol. The molecule has 4 rings (SSSR count). The van der Waals surface area contributed by atoms with Crippen molar-refractivity contribution in [1.82, 2.24) is 34.8 Å². The molecule has 7 nitrogen and oxygen atoms in total. The minimum atomic E-state index is 0.573. The van der Waals surface area contributed by atoms with Crippen LogP contribution in [0.2, 0.25) is 0 Å². The largest absolute Gasteiger partial charge is 0.263 e. The Hall–Kier alpha value is -2.26. The molecule has 0 saturated carbocycles. The van der Waals surface area contributed by atoms with Gasteiger partial charge in [-0.05, 0) is 22.0 Å². The molecule has 0 saturated heterocycles. The Morgan fingerprint density at radius 3 is 2.81 bits per heavy atom. The molecule has 0 aliphatic heterocycles. The van der Waals surface area contributed by atoms with E-state index in [0.717, 1.165) is 15.0 Å². The summed E-state index contributed by atoms with van der Waals surface area (Å²) < 4.78 is 2.57.